The summed E-state index contributed by atoms with van der Waals surface area (Å²) in [6.07, 6.45) is 6.25. The second-order valence-electron chi connectivity index (χ2n) is 6.08. The van der Waals surface area contributed by atoms with Crippen molar-refractivity contribution in [1.82, 2.24) is 10.3 Å². The van der Waals surface area contributed by atoms with Crippen molar-refractivity contribution in [2.24, 2.45) is 0 Å². The van der Waals surface area contributed by atoms with E-state index in [1.54, 1.807) is 6.20 Å². The highest BCUT2D eigenvalue weighted by molar-refractivity contribution is 5.81. The lowest BCUT2D eigenvalue weighted by atomic mass is 10.1. The predicted molar refractivity (Wildman–Crippen MR) is 89.6 cm³/mol. The van der Waals surface area contributed by atoms with E-state index in [1.807, 2.05) is 57.2 Å². The van der Waals surface area contributed by atoms with Crippen molar-refractivity contribution in [3.63, 3.8) is 0 Å². The van der Waals surface area contributed by atoms with Gasteiger partial charge in [-0.15, -0.1) is 0 Å². The maximum absolute atomic E-state index is 11.5. The summed E-state index contributed by atoms with van der Waals surface area (Å²) in [6, 6.07) is 10.1. The summed E-state index contributed by atoms with van der Waals surface area (Å²) >= 11 is 0. The number of carbonyl (C=O) groups is 1. The van der Waals surface area contributed by atoms with Gasteiger partial charge in [0.15, 0.2) is 0 Å². The van der Waals surface area contributed by atoms with Crippen LogP contribution < -0.4 is 5.32 Å². The monoisotopic (exact) mass is 298 g/mol. The molecule has 1 aromatic heterocycles. The Hall–Kier alpha value is -2.36. The molecule has 1 aromatic carbocycles. The van der Waals surface area contributed by atoms with Gasteiger partial charge in [-0.1, -0.05) is 24.3 Å². The Labute approximate surface area is 131 Å². The molecule has 0 fully saturated rings. The topological polar surface area (TPSA) is 51.2 Å². The fraction of sp³-hybridized carbons (Fsp3) is 0.333. The van der Waals surface area contributed by atoms with Crippen molar-refractivity contribution in [2.45, 2.75) is 32.8 Å². The molecule has 1 amide bonds. The van der Waals surface area contributed by atoms with Gasteiger partial charge in [0.1, 0.15) is 5.60 Å². The number of nitrogens with zero attached hydrogens (tertiary/aromatic N) is 1. The molecular weight excluding hydrogens is 276 g/mol. The largest absolute Gasteiger partial charge is 0.444 e. The number of hydrogen-bond donors (Lipinski definition) is 1. The highest BCUT2D eigenvalue weighted by Gasteiger charge is 2.15. The Balaban J connectivity index is 1.80. The smallest absolute Gasteiger partial charge is 0.407 e. The van der Waals surface area contributed by atoms with Gasteiger partial charge >= 0.3 is 6.09 Å². The Kier molecular flexibility index (Phi) is 5.15. The van der Waals surface area contributed by atoms with Crippen LogP contribution in [0.3, 0.4) is 0 Å². The van der Waals surface area contributed by atoms with Crippen molar-refractivity contribution in [2.75, 3.05) is 6.54 Å². The molecule has 22 heavy (non-hydrogen) atoms. The van der Waals surface area contributed by atoms with Crippen molar-refractivity contribution < 1.29 is 9.53 Å². The highest BCUT2D eigenvalue weighted by atomic mass is 16.6. The summed E-state index contributed by atoms with van der Waals surface area (Å²) in [5.74, 6) is 0. The lowest BCUT2D eigenvalue weighted by molar-refractivity contribution is 0.0529. The number of alkyl carbamates (subject to hydrolysis) is 1. The molecule has 116 valence electrons. The van der Waals surface area contributed by atoms with Gasteiger partial charge < -0.3 is 10.1 Å². The minimum absolute atomic E-state index is 0.377. The Morgan fingerprint density at radius 2 is 2.14 bits per heavy atom. The zero-order valence-corrected chi connectivity index (χ0v) is 13.3. The second kappa shape index (κ2) is 7.07. The highest BCUT2D eigenvalue weighted by Crippen LogP contribution is 2.14. The van der Waals surface area contributed by atoms with Crippen molar-refractivity contribution >= 4 is 23.1 Å². The number of nitrogens with one attached hydrogen (secondary N) is 1. The van der Waals surface area contributed by atoms with E-state index in [4.69, 9.17) is 4.74 Å². The number of rotatable bonds is 4. The molecule has 0 spiro atoms. The fourth-order valence-corrected chi connectivity index (χ4v) is 1.99. The summed E-state index contributed by atoms with van der Waals surface area (Å²) in [5, 5.41) is 3.85. The molecular formula is C18H22N2O2. The minimum atomic E-state index is -0.459. The molecule has 0 bridgehead atoms. The maximum atomic E-state index is 11.5. The van der Waals surface area contributed by atoms with Gasteiger partial charge in [-0.25, -0.2) is 4.79 Å². The Bertz CT molecular complexity index is 672. The Morgan fingerprint density at radius 3 is 2.91 bits per heavy atom. The van der Waals surface area contributed by atoms with Crippen LogP contribution in [0, 0.1) is 0 Å². The molecule has 0 saturated carbocycles. The summed E-state index contributed by atoms with van der Waals surface area (Å²) in [4.78, 5) is 15.8. The standard InChI is InChI=1S/C18H22N2O2/c1-18(2,3)22-17(21)20-11-5-4-7-14-9-10-16-15(13-14)8-6-12-19-16/h4,6-10,12-13H,5,11H2,1-3H3,(H,20,21). The van der Waals surface area contributed by atoms with E-state index in [1.165, 1.54) is 0 Å². The molecule has 2 aromatic rings. The maximum Gasteiger partial charge on any atom is 0.407 e. The van der Waals surface area contributed by atoms with E-state index in [0.29, 0.717) is 6.54 Å². The lowest BCUT2D eigenvalue weighted by Gasteiger charge is -2.19. The van der Waals surface area contributed by atoms with Crippen LogP contribution in [0.5, 0.6) is 0 Å². The number of pyridine rings is 1. The first-order valence-corrected chi connectivity index (χ1v) is 7.42. The molecule has 2 rings (SSSR count). The Morgan fingerprint density at radius 1 is 1.32 bits per heavy atom. The van der Waals surface area contributed by atoms with Gasteiger partial charge in [-0.2, -0.15) is 0 Å². The van der Waals surface area contributed by atoms with Crippen LogP contribution >= 0.6 is 0 Å². The summed E-state index contributed by atoms with van der Waals surface area (Å²) in [5.41, 5.74) is 1.66. The SMILES string of the molecule is CC(C)(C)OC(=O)NCCC=Cc1ccc2ncccc2c1. The average molecular weight is 298 g/mol. The van der Waals surface area contributed by atoms with Crippen LogP contribution in [0.1, 0.15) is 32.8 Å². The van der Waals surface area contributed by atoms with Crippen LogP contribution in [0.4, 0.5) is 4.79 Å². The molecule has 0 aliphatic heterocycles. The summed E-state index contributed by atoms with van der Waals surface area (Å²) in [6.45, 7) is 6.10. The van der Waals surface area contributed by atoms with E-state index < -0.39 is 5.60 Å². The molecule has 0 aliphatic carbocycles. The number of hydrogen-bond acceptors (Lipinski definition) is 3. The van der Waals surface area contributed by atoms with Gasteiger partial charge in [0.05, 0.1) is 5.52 Å². The van der Waals surface area contributed by atoms with Gasteiger partial charge in [0.2, 0.25) is 0 Å². The molecule has 1 heterocycles. The molecule has 4 heteroatoms. The third-order valence-electron chi connectivity index (χ3n) is 2.92. The van der Waals surface area contributed by atoms with Gasteiger partial charge in [0, 0.05) is 18.1 Å². The van der Waals surface area contributed by atoms with Crippen molar-refractivity contribution in [1.29, 1.82) is 0 Å². The molecule has 4 nitrogen and oxygen atoms in total. The number of amides is 1. The quantitative estimate of drug-likeness (QED) is 0.862. The van der Waals surface area contributed by atoms with Gasteiger partial charge in [0.25, 0.3) is 0 Å². The minimum Gasteiger partial charge on any atom is -0.444 e. The number of fused-ring (bicyclic) bond motifs is 1. The van der Waals surface area contributed by atoms with Crippen molar-refractivity contribution in [3.05, 3.63) is 48.2 Å². The lowest BCUT2D eigenvalue weighted by Crippen LogP contribution is -2.32. The molecule has 0 unspecified atom stereocenters. The summed E-state index contributed by atoms with van der Waals surface area (Å²) in [7, 11) is 0. The van der Waals surface area contributed by atoms with Crippen LogP contribution in [0.25, 0.3) is 17.0 Å². The van der Waals surface area contributed by atoms with E-state index in [-0.39, 0.29) is 6.09 Å². The number of carbonyl (C=O) groups excluding carboxylic acids is 1. The van der Waals surface area contributed by atoms with E-state index in [2.05, 4.69) is 16.4 Å². The first-order valence-electron chi connectivity index (χ1n) is 7.42. The predicted octanol–water partition coefficient (Wildman–Crippen LogP) is 4.16. The first kappa shape index (κ1) is 16.0. The van der Waals surface area contributed by atoms with Crippen LogP contribution in [-0.2, 0) is 4.74 Å². The zero-order valence-electron chi connectivity index (χ0n) is 13.3. The normalized spacial score (nSPS) is 11.8. The number of aromatic nitrogens is 1. The number of ether oxygens (including phenoxy) is 1. The zero-order chi connectivity index (χ0) is 16.0. The molecule has 1 N–H and O–H groups in total. The van der Waals surface area contributed by atoms with Gasteiger partial charge in [-0.05, 0) is 51.0 Å². The second-order valence-corrected chi connectivity index (χ2v) is 6.08. The average Bonchev–Trinajstić information content (AvgIpc) is 2.45. The van der Waals surface area contributed by atoms with Crippen LogP contribution in [0.2, 0.25) is 0 Å². The molecule has 0 atom stereocenters. The van der Waals surface area contributed by atoms with E-state index in [0.717, 1.165) is 22.9 Å². The van der Waals surface area contributed by atoms with Crippen LogP contribution in [-0.4, -0.2) is 23.2 Å². The third-order valence-corrected chi connectivity index (χ3v) is 2.92. The third kappa shape index (κ3) is 5.20. The fourth-order valence-electron chi connectivity index (χ4n) is 1.99. The molecule has 0 aliphatic rings. The van der Waals surface area contributed by atoms with Crippen LogP contribution in [0.15, 0.2) is 42.6 Å². The van der Waals surface area contributed by atoms with Crippen molar-refractivity contribution in [3.8, 4) is 0 Å². The van der Waals surface area contributed by atoms with Gasteiger partial charge in [-0.3, -0.25) is 4.98 Å². The first-order chi connectivity index (χ1) is 10.4. The number of benzene rings is 1. The van der Waals surface area contributed by atoms with E-state index in [9.17, 15) is 4.79 Å². The molecule has 0 saturated heterocycles. The summed E-state index contributed by atoms with van der Waals surface area (Å²) < 4.78 is 5.17. The van der Waals surface area contributed by atoms with E-state index >= 15 is 0 Å². The molecule has 0 radical (unpaired) electrons.